The number of nitrogens with zero attached hydrogens (tertiary/aromatic N) is 3. The SMILES string of the molecule is COCc1nc(N)cc(N(C)C2CCOC2C)n1. The van der Waals surface area contributed by atoms with Crippen LogP contribution < -0.4 is 10.6 Å². The summed E-state index contributed by atoms with van der Waals surface area (Å²) >= 11 is 0. The second-order valence-electron chi connectivity index (χ2n) is 4.54. The van der Waals surface area contributed by atoms with Crippen LogP contribution in [0, 0.1) is 0 Å². The first-order chi connectivity index (χ1) is 8.61. The third-order valence-corrected chi connectivity index (χ3v) is 3.25. The first kappa shape index (κ1) is 13.0. The largest absolute Gasteiger partial charge is 0.384 e. The van der Waals surface area contributed by atoms with E-state index in [1.165, 1.54) is 0 Å². The summed E-state index contributed by atoms with van der Waals surface area (Å²) in [6, 6.07) is 2.11. The van der Waals surface area contributed by atoms with E-state index in [2.05, 4.69) is 21.8 Å². The number of ether oxygens (including phenoxy) is 2. The second-order valence-corrected chi connectivity index (χ2v) is 4.54. The summed E-state index contributed by atoms with van der Waals surface area (Å²) in [5, 5.41) is 0. The van der Waals surface area contributed by atoms with E-state index in [0.717, 1.165) is 18.8 Å². The molecule has 6 heteroatoms. The molecule has 0 bridgehead atoms. The number of aromatic nitrogens is 2. The van der Waals surface area contributed by atoms with Crippen LogP contribution in [0.4, 0.5) is 11.6 Å². The predicted molar refractivity (Wildman–Crippen MR) is 69.4 cm³/mol. The lowest BCUT2D eigenvalue weighted by Crippen LogP contribution is -2.37. The van der Waals surface area contributed by atoms with E-state index in [0.29, 0.717) is 24.3 Å². The van der Waals surface area contributed by atoms with Gasteiger partial charge in [0.25, 0.3) is 0 Å². The predicted octanol–water partition coefficient (Wildman–Crippen LogP) is 0.819. The zero-order chi connectivity index (χ0) is 13.1. The highest BCUT2D eigenvalue weighted by Gasteiger charge is 2.28. The molecule has 100 valence electrons. The minimum atomic E-state index is 0.206. The average Bonchev–Trinajstić information content (AvgIpc) is 2.74. The van der Waals surface area contributed by atoms with Gasteiger partial charge in [0, 0.05) is 26.8 Å². The smallest absolute Gasteiger partial charge is 0.158 e. The summed E-state index contributed by atoms with van der Waals surface area (Å²) in [4.78, 5) is 10.7. The summed E-state index contributed by atoms with van der Waals surface area (Å²) in [6.45, 7) is 3.24. The molecule has 18 heavy (non-hydrogen) atoms. The molecule has 0 radical (unpaired) electrons. The number of methoxy groups -OCH3 is 1. The topological polar surface area (TPSA) is 73.5 Å². The molecule has 1 aliphatic rings. The monoisotopic (exact) mass is 252 g/mol. The summed E-state index contributed by atoms with van der Waals surface area (Å²) < 4.78 is 10.6. The summed E-state index contributed by atoms with van der Waals surface area (Å²) in [5.74, 6) is 1.88. The lowest BCUT2D eigenvalue weighted by molar-refractivity contribution is 0.118. The molecule has 0 aromatic carbocycles. The Morgan fingerprint density at radius 3 is 2.94 bits per heavy atom. The first-order valence-corrected chi connectivity index (χ1v) is 6.08. The zero-order valence-electron chi connectivity index (χ0n) is 11.1. The van der Waals surface area contributed by atoms with Crippen LogP contribution in [0.2, 0.25) is 0 Å². The van der Waals surface area contributed by atoms with Crippen LogP contribution in [0.25, 0.3) is 0 Å². The highest BCUT2D eigenvalue weighted by molar-refractivity contribution is 5.47. The fraction of sp³-hybridized carbons (Fsp3) is 0.667. The van der Waals surface area contributed by atoms with Gasteiger partial charge in [-0.3, -0.25) is 0 Å². The van der Waals surface area contributed by atoms with E-state index in [1.54, 1.807) is 13.2 Å². The van der Waals surface area contributed by atoms with Crippen LogP contribution >= 0.6 is 0 Å². The maximum atomic E-state index is 5.80. The van der Waals surface area contributed by atoms with Gasteiger partial charge in [0.2, 0.25) is 0 Å². The molecular formula is C12H20N4O2. The van der Waals surface area contributed by atoms with Crippen molar-refractivity contribution in [1.29, 1.82) is 0 Å². The maximum Gasteiger partial charge on any atom is 0.158 e. The molecule has 1 aromatic rings. The Kier molecular flexibility index (Phi) is 3.98. The summed E-state index contributed by atoms with van der Waals surface area (Å²) in [7, 11) is 3.62. The van der Waals surface area contributed by atoms with Crippen molar-refractivity contribution in [2.45, 2.75) is 32.1 Å². The molecular weight excluding hydrogens is 232 g/mol. The van der Waals surface area contributed by atoms with Gasteiger partial charge in [0.05, 0.1) is 12.1 Å². The molecule has 6 nitrogen and oxygen atoms in total. The van der Waals surface area contributed by atoms with Crippen LogP contribution in [0.1, 0.15) is 19.2 Å². The fourth-order valence-corrected chi connectivity index (χ4v) is 2.28. The molecule has 0 aliphatic carbocycles. The Balaban J connectivity index is 2.21. The minimum absolute atomic E-state index is 0.206. The lowest BCUT2D eigenvalue weighted by atomic mass is 10.1. The Bertz CT molecular complexity index is 413. The normalized spacial score (nSPS) is 23.3. The Morgan fingerprint density at radius 1 is 1.56 bits per heavy atom. The lowest BCUT2D eigenvalue weighted by Gasteiger charge is -2.28. The highest BCUT2D eigenvalue weighted by Crippen LogP contribution is 2.23. The molecule has 2 unspecified atom stereocenters. The van der Waals surface area contributed by atoms with Gasteiger partial charge in [-0.1, -0.05) is 0 Å². The van der Waals surface area contributed by atoms with Crippen LogP contribution in [-0.4, -0.2) is 42.9 Å². The Hall–Kier alpha value is -1.40. The Morgan fingerprint density at radius 2 is 2.33 bits per heavy atom. The van der Waals surface area contributed by atoms with Gasteiger partial charge in [-0.25, -0.2) is 9.97 Å². The van der Waals surface area contributed by atoms with Crippen LogP contribution in [0.5, 0.6) is 0 Å². The molecule has 1 saturated heterocycles. The summed E-state index contributed by atoms with van der Waals surface area (Å²) in [5.41, 5.74) is 5.80. The first-order valence-electron chi connectivity index (χ1n) is 6.08. The third kappa shape index (κ3) is 2.70. The standard InChI is InChI=1S/C12H20N4O2/c1-8-9(4-5-18-8)16(2)12-6-10(13)14-11(15-12)7-17-3/h6,8-9H,4-5,7H2,1-3H3,(H2,13,14,15). The van der Waals surface area contributed by atoms with Gasteiger partial charge in [-0.15, -0.1) is 0 Å². The second kappa shape index (κ2) is 5.49. The average molecular weight is 252 g/mol. The van der Waals surface area contributed by atoms with Crippen LogP contribution in [-0.2, 0) is 16.1 Å². The van der Waals surface area contributed by atoms with Crippen molar-refractivity contribution < 1.29 is 9.47 Å². The number of hydrogen-bond acceptors (Lipinski definition) is 6. The van der Waals surface area contributed by atoms with Crippen molar-refractivity contribution >= 4 is 11.6 Å². The van der Waals surface area contributed by atoms with Crippen LogP contribution in [0.3, 0.4) is 0 Å². The van der Waals surface area contributed by atoms with Gasteiger partial charge >= 0.3 is 0 Å². The van der Waals surface area contributed by atoms with Gasteiger partial charge in [-0.05, 0) is 13.3 Å². The van der Waals surface area contributed by atoms with E-state index < -0.39 is 0 Å². The number of anilines is 2. The fourth-order valence-electron chi connectivity index (χ4n) is 2.28. The quantitative estimate of drug-likeness (QED) is 0.855. The number of nitrogens with two attached hydrogens (primary N) is 1. The van der Waals surface area contributed by atoms with Gasteiger partial charge < -0.3 is 20.1 Å². The molecule has 2 atom stereocenters. The molecule has 2 N–H and O–H groups in total. The van der Waals surface area contributed by atoms with E-state index >= 15 is 0 Å². The van der Waals surface area contributed by atoms with Crippen molar-refractivity contribution in [1.82, 2.24) is 9.97 Å². The van der Waals surface area contributed by atoms with E-state index in [9.17, 15) is 0 Å². The number of hydrogen-bond donors (Lipinski definition) is 1. The number of nitrogen functional groups attached to an aromatic ring is 1. The van der Waals surface area contributed by atoms with Gasteiger partial charge in [0.15, 0.2) is 5.82 Å². The third-order valence-electron chi connectivity index (χ3n) is 3.25. The number of rotatable bonds is 4. The van der Waals surface area contributed by atoms with E-state index in [1.807, 2.05) is 7.05 Å². The molecule has 0 spiro atoms. The van der Waals surface area contributed by atoms with Crippen molar-refractivity contribution in [3.63, 3.8) is 0 Å². The molecule has 1 aliphatic heterocycles. The minimum Gasteiger partial charge on any atom is -0.384 e. The molecule has 2 heterocycles. The maximum absolute atomic E-state index is 5.80. The van der Waals surface area contributed by atoms with Crippen molar-refractivity contribution in [2.24, 2.45) is 0 Å². The van der Waals surface area contributed by atoms with Gasteiger partial charge in [-0.2, -0.15) is 0 Å². The summed E-state index contributed by atoms with van der Waals surface area (Å²) in [6.07, 6.45) is 1.21. The van der Waals surface area contributed by atoms with Crippen molar-refractivity contribution in [3.05, 3.63) is 11.9 Å². The molecule has 1 fully saturated rings. The highest BCUT2D eigenvalue weighted by atomic mass is 16.5. The Labute approximate surface area is 107 Å². The van der Waals surface area contributed by atoms with Crippen molar-refractivity contribution in [3.8, 4) is 0 Å². The molecule has 2 rings (SSSR count). The molecule has 0 amide bonds. The molecule has 0 saturated carbocycles. The van der Waals surface area contributed by atoms with E-state index in [-0.39, 0.29) is 6.10 Å². The van der Waals surface area contributed by atoms with Gasteiger partial charge in [0.1, 0.15) is 18.2 Å². The number of likely N-dealkylation sites (N-methyl/N-ethyl adjacent to an activating group) is 1. The van der Waals surface area contributed by atoms with E-state index in [4.69, 9.17) is 15.2 Å². The van der Waals surface area contributed by atoms with Crippen LogP contribution in [0.15, 0.2) is 6.07 Å². The zero-order valence-corrected chi connectivity index (χ0v) is 11.1. The van der Waals surface area contributed by atoms with Crippen molar-refractivity contribution in [2.75, 3.05) is 31.4 Å². The molecule has 1 aromatic heterocycles.